The van der Waals surface area contributed by atoms with Crippen LogP contribution >= 0.6 is 0 Å². The molecule has 0 amide bonds. The van der Waals surface area contributed by atoms with Crippen LogP contribution in [-0.4, -0.2) is 50.3 Å². The molecular weight excluding hydrogens is 278 g/mol. The maximum atomic E-state index is 12.2. The zero-order chi connectivity index (χ0) is 15.4. The zero-order valence-corrected chi connectivity index (χ0v) is 13.2. The number of esters is 1. The van der Waals surface area contributed by atoms with E-state index in [2.05, 4.69) is 29.2 Å². The summed E-state index contributed by atoms with van der Waals surface area (Å²) >= 11 is 0. The maximum Gasteiger partial charge on any atom is 0.309 e. The Morgan fingerprint density at radius 2 is 1.91 bits per heavy atom. The van der Waals surface area contributed by atoms with E-state index in [1.807, 2.05) is 6.07 Å². The van der Waals surface area contributed by atoms with Gasteiger partial charge in [0.2, 0.25) is 0 Å². The van der Waals surface area contributed by atoms with Gasteiger partial charge in [-0.3, -0.25) is 9.69 Å². The molecule has 22 heavy (non-hydrogen) atoms. The van der Waals surface area contributed by atoms with E-state index in [9.17, 15) is 4.79 Å². The number of methoxy groups -OCH3 is 1. The Kier molecular flexibility index (Phi) is 5.11. The number of benzene rings is 1. The number of rotatable bonds is 3. The van der Waals surface area contributed by atoms with Gasteiger partial charge in [-0.2, -0.15) is 0 Å². The van der Waals surface area contributed by atoms with Gasteiger partial charge >= 0.3 is 5.97 Å². The number of morpholine rings is 1. The Bertz CT molecular complexity index is 484. The predicted octanol–water partition coefficient (Wildman–Crippen LogP) is 2.44. The lowest BCUT2D eigenvalue weighted by molar-refractivity contribution is -0.148. The van der Waals surface area contributed by atoms with Crippen LogP contribution in [0.3, 0.4) is 0 Å². The van der Waals surface area contributed by atoms with Crippen LogP contribution in [-0.2, 0) is 14.3 Å². The molecule has 1 aromatic carbocycles. The summed E-state index contributed by atoms with van der Waals surface area (Å²) in [7, 11) is 1.50. The van der Waals surface area contributed by atoms with Crippen LogP contribution in [0.4, 0.5) is 0 Å². The SMILES string of the molecule is COC(=O)[C@@H]1CC[C@@H](N2CCOCC2)C[C@H]1c1ccccc1. The van der Waals surface area contributed by atoms with Crippen LogP contribution < -0.4 is 0 Å². The third-order valence-electron chi connectivity index (χ3n) is 5.12. The first-order valence-corrected chi connectivity index (χ1v) is 8.24. The first kappa shape index (κ1) is 15.5. The van der Waals surface area contributed by atoms with Gasteiger partial charge in [-0.05, 0) is 30.7 Å². The molecule has 3 atom stereocenters. The van der Waals surface area contributed by atoms with Gasteiger partial charge < -0.3 is 9.47 Å². The van der Waals surface area contributed by atoms with Gasteiger partial charge in [0.25, 0.3) is 0 Å². The third kappa shape index (κ3) is 3.33. The molecule has 1 saturated carbocycles. The summed E-state index contributed by atoms with van der Waals surface area (Å²) in [5.74, 6) is 0.189. The molecule has 4 heteroatoms. The van der Waals surface area contributed by atoms with Gasteiger partial charge in [-0.25, -0.2) is 0 Å². The first-order valence-electron chi connectivity index (χ1n) is 8.24. The van der Waals surface area contributed by atoms with Gasteiger partial charge in [-0.15, -0.1) is 0 Å². The van der Waals surface area contributed by atoms with Crippen molar-refractivity contribution in [3.63, 3.8) is 0 Å². The van der Waals surface area contributed by atoms with Crippen molar-refractivity contribution >= 4 is 5.97 Å². The van der Waals surface area contributed by atoms with E-state index < -0.39 is 0 Å². The summed E-state index contributed by atoms with van der Waals surface area (Å²) in [4.78, 5) is 14.7. The van der Waals surface area contributed by atoms with E-state index in [0.717, 1.165) is 45.6 Å². The highest BCUT2D eigenvalue weighted by atomic mass is 16.5. The van der Waals surface area contributed by atoms with Crippen molar-refractivity contribution in [2.24, 2.45) is 5.92 Å². The number of carbonyl (C=O) groups excluding carboxylic acids is 1. The monoisotopic (exact) mass is 303 g/mol. The second-order valence-corrected chi connectivity index (χ2v) is 6.26. The van der Waals surface area contributed by atoms with Crippen molar-refractivity contribution in [1.29, 1.82) is 0 Å². The summed E-state index contributed by atoms with van der Waals surface area (Å²) in [5, 5.41) is 0. The van der Waals surface area contributed by atoms with Crippen molar-refractivity contribution in [3.8, 4) is 0 Å². The molecule has 0 bridgehead atoms. The highest BCUT2D eigenvalue weighted by molar-refractivity contribution is 5.73. The average Bonchev–Trinajstić information content (AvgIpc) is 2.62. The molecule has 1 heterocycles. The number of hydrogen-bond donors (Lipinski definition) is 0. The average molecular weight is 303 g/mol. The van der Waals surface area contributed by atoms with Gasteiger partial charge in [0.05, 0.1) is 26.2 Å². The Morgan fingerprint density at radius 1 is 1.18 bits per heavy atom. The molecule has 0 N–H and O–H groups in total. The maximum absolute atomic E-state index is 12.2. The molecule has 1 aromatic rings. The summed E-state index contributed by atoms with van der Waals surface area (Å²) in [6, 6.07) is 11.0. The highest BCUT2D eigenvalue weighted by Crippen LogP contribution is 2.40. The van der Waals surface area contributed by atoms with E-state index in [-0.39, 0.29) is 17.8 Å². The smallest absolute Gasteiger partial charge is 0.309 e. The molecule has 0 radical (unpaired) electrons. The van der Waals surface area contributed by atoms with Crippen molar-refractivity contribution in [1.82, 2.24) is 4.90 Å². The fraction of sp³-hybridized carbons (Fsp3) is 0.611. The minimum Gasteiger partial charge on any atom is -0.469 e. The Balaban J connectivity index is 1.77. The molecule has 1 aliphatic heterocycles. The van der Waals surface area contributed by atoms with Crippen molar-refractivity contribution in [3.05, 3.63) is 35.9 Å². The second kappa shape index (κ2) is 7.25. The number of nitrogens with zero attached hydrogens (tertiary/aromatic N) is 1. The van der Waals surface area contributed by atoms with Gasteiger partial charge in [0, 0.05) is 19.1 Å². The molecule has 4 nitrogen and oxygen atoms in total. The largest absolute Gasteiger partial charge is 0.469 e. The molecule has 1 aliphatic carbocycles. The Labute approximate surface area is 132 Å². The Hall–Kier alpha value is -1.39. The van der Waals surface area contributed by atoms with Crippen LogP contribution in [0, 0.1) is 5.92 Å². The van der Waals surface area contributed by atoms with Crippen molar-refractivity contribution in [2.45, 2.75) is 31.2 Å². The first-order chi connectivity index (χ1) is 10.8. The quantitative estimate of drug-likeness (QED) is 0.804. The van der Waals surface area contributed by atoms with Crippen LogP contribution in [0.5, 0.6) is 0 Å². The zero-order valence-electron chi connectivity index (χ0n) is 13.2. The second-order valence-electron chi connectivity index (χ2n) is 6.26. The van der Waals surface area contributed by atoms with E-state index in [4.69, 9.17) is 9.47 Å². The lowest BCUT2D eigenvalue weighted by Gasteiger charge is -2.42. The minimum atomic E-state index is -0.0609. The fourth-order valence-corrected chi connectivity index (χ4v) is 3.92. The number of carbonyl (C=O) groups is 1. The number of ether oxygens (including phenoxy) is 2. The van der Waals surface area contributed by atoms with Crippen molar-refractivity contribution < 1.29 is 14.3 Å². The van der Waals surface area contributed by atoms with Crippen LogP contribution in [0.15, 0.2) is 30.3 Å². The van der Waals surface area contributed by atoms with Crippen LogP contribution in [0.1, 0.15) is 30.7 Å². The topological polar surface area (TPSA) is 38.8 Å². The summed E-state index contributed by atoms with van der Waals surface area (Å²) in [5.41, 5.74) is 1.26. The van der Waals surface area contributed by atoms with E-state index in [1.54, 1.807) is 0 Å². The summed E-state index contributed by atoms with van der Waals surface area (Å²) in [6.07, 6.45) is 3.02. The molecule has 2 fully saturated rings. The van der Waals surface area contributed by atoms with Crippen LogP contribution in [0.25, 0.3) is 0 Å². The third-order valence-corrected chi connectivity index (χ3v) is 5.12. The number of hydrogen-bond acceptors (Lipinski definition) is 4. The lowest BCUT2D eigenvalue weighted by atomic mass is 9.73. The molecule has 0 unspecified atom stereocenters. The molecule has 0 aromatic heterocycles. The van der Waals surface area contributed by atoms with E-state index in [1.165, 1.54) is 12.7 Å². The Morgan fingerprint density at radius 3 is 2.59 bits per heavy atom. The normalized spacial score (nSPS) is 30.0. The minimum absolute atomic E-state index is 0.00955. The molecule has 3 rings (SSSR count). The van der Waals surface area contributed by atoms with E-state index in [0.29, 0.717) is 6.04 Å². The fourth-order valence-electron chi connectivity index (χ4n) is 3.92. The molecule has 2 aliphatic rings. The van der Waals surface area contributed by atoms with Crippen molar-refractivity contribution in [2.75, 3.05) is 33.4 Å². The highest BCUT2D eigenvalue weighted by Gasteiger charge is 2.38. The van der Waals surface area contributed by atoms with E-state index >= 15 is 0 Å². The molecular formula is C18H25NO3. The van der Waals surface area contributed by atoms with Gasteiger partial charge in [0.1, 0.15) is 0 Å². The van der Waals surface area contributed by atoms with Gasteiger partial charge in [-0.1, -0.05) is 30.3 Å². The predicted molar refractivity (Wildman–Crippen MR) is 84.7 cm³/mol. The summed E-state index contributed by atoms with van der Waals surface area (Å²) in [6.45, 7) is 3.67. The standard InChI is InChI=1S/C18H25NO3/c1-21-18(20)16-8-7-15(19-9-11-22-12-10-19)13-17(16)14-5-3-2-4-6-14/h2-6,15-17H,7-13H2,1H3/t15-,16-,17+/m1/s1. The van der Waals surface area contributed by atoms with Gasteiger partial charge in [0.15, 0.2) is 0 Å². The lowest BCUT2D eigenvalue weighted by Crippen LogP contribution is -2.47. The van der Waals surface area contributed by atoms with Crippen LogP contribution in [0.2, 0.25) is 0 Å². The molecule has 0 spiro atoms. The molecule has 120 valence electrons. The summed E-state index contributed by atoms with van der Waals surface area (Å²) < 4.78 is 10.5. The molecule has 1 saturated heterocycles.